The maximum atomic E-state index is 12.0. The molecule has 1 aromatic heterocycles. The Morgan fingerprint density at radius 1 is 1.32 bits per heavy atom. The molecule has 0 saturated heterocycles. The molecule has 5 nitrogen and oxygen atoms in total. The first-order chi connectivity index (χ1) is 9.19. The molecule has 0 radical (unpaired) electrons. The van der Waals surface area contributed by atoms with Gasteiger partial charge in [-0.3, -0.25) is 4.79 Å². The summed E-state index contributed by atoms with van der Waals surface area (Å²) < 4.78 is 0.984. The van der Waals surface area contributed by atoms with E-state index in [1.54, 1.807) is 12.1 Å². The quantitative estimate of drug-likeness (QED) is 0.595. The van der Waals surface area contributed by atoms with Crippen molar-refractivity contribution in [3.63, 3.8) is 0 Å². The van der Waals surface area contributed by atoms with Crippen LogP contribution in [0.5, 0.6) is 0 Å². The van der Waals surface area contributed by atoms with Gasteiger partial charge >= 0.3 is 0 Å². The maximum Gasteiger partial charge on any atom is 0.251 e. The van der Waals surface area contributed by atoms with Crippen LogP contribution in [0.15, 0.2) is 47.1 Å². The van der Waals surface area contributed by atoms with Crippen LogP contribution in [0, 0.1) is 0 Å². The highest BCUT2D eigenvalue weighted by atomic mass is 79.9. The minimum atomic E-state index is -0.168. The average molecular weight is 321 g/mol. The van der Waals surface area contributed by atoms with Crippen molar-refractivity contribution in [3.8, 4) is 0 Å². The van der Waals surface area contributed by atoms with E-state index in [2.05, 4.69) is 31.7 Å². The van der Waals surface area contributed by atoms with Gasteiger partial charge in [0.1, 0.15) is 5.82 Å². The molecule has 0 fully saturated rings. The zero-order valence-corrected chi connectivity index (χ0v) is 11.6. The van der Waals surface area contributed by atoms with Crippen molar-refractivity contribution in [2.45, 2.75) is 6.54 Å². The second-order valence-corrected chi connectivity index (χ2v) is 4.80. The number of pyridine rings is 1. The van der Waals surface area contributed by atoms with Crippen molar-refractivity contribution in [1.82, 2.24) is 10.3 Å². The summed E-state index contributed by atoms with van der Waals surface area (Å²) in [7, 11) is 0. The van der Waals surface area contributed by atoms with Crippen LogP contribution in [0.2, 0.25) is 0 Å². The number of nitrogens with two attached hydrogens (primary N) is 1. The first-order valence-corrected chi connectivity index (χ1v) is 6.43. The molecule has 0 aliphatic rings. The first-order valence-electron chi connectivity index (χ1n) is 5.64. The highest BCUT2D eigenvalue weighted by Gasteiger charge is 2.06. The van der Waals surface area contributed by atoms with Crippen LogP contribution < -0.4 is 16.6 Å². The second kappa shape index (κ2) is 6.31. The molecule has 0 unspecified atom stereocenters. The van der Waals surface area contributed by atoms with Crippen LogP contribution in [-0.4, -0.2) is 10.9 Å². The van der Waals surface area contributed by atoms with E-state index in [0.29, 0.717) is 17.9 Å². The normalized spacial score (nSPS) is 10.0. The third-order valence-electron chi connectivity index (χ3n) is 2.51. The second-order valence-electron chi connectivity index (χ2n) is 3.89. The number of hydrogen-bond donors (Lipinski definition) is 3. The van der Waals surface area contributed by atoms with E-state index in [0.717, 1.165) is 10.0 Å². The Morgan fingerprint density at radius 3 is 2.89 bits per heavy atom. The third kappa shape index (κ3) is 3.77. The minimum absolute atomic E-state index is 0.168. The summed E-state index contributed by atoms with van der Waals surface area (Å²) in [4.78, 5) is 15.9. The number of halogens is 1. The van der Waals surface area contributed by atoms with Gasteiger partial charge in [-0.25, -0.2) is 10.8 Å². The Balaban J connectivity index is 2.01. The topological polar surface area (TPSA) is 80.0 Å². The number of nitrogens with one attached hydrogen (secondary N) is 2. The number of carbonyl (C=O) groups excluding carboxylic acids is 1. The van der Waals surface area contributed by atoms with E-state index in [1.165, 1.54) is 6.20 Å². The maximum absolute atomic E-state index is 12.0. The molecule has 0 atom stereocenters. The summed E-state index contributed by atoms with van der Waals surface area (Å²) in [5.41, 5.74) is 3.94. The van der Waals surface area contributed by atoms with E-state index in [1.807, 2.05) is 24.3 Å². The molecule has 1 heterocycles. The molecule has 0 aliphatic carbocycles. The molecule has 2 rings (SSSR count). The van der Waals surface area contributed by atoms with Crippen LogP contribution in [0.25, 0.3) is 0 Å². The highest BCUT2D eigenvalue weighted by Crippen LogP contribution is 2.11. The summed E-state index contributed by atoms with van der Waals surface area (Å²) in [6.07, 6.45) is 1.53. The van der Waals surface area contributed by atoms with Crippen LogP contribution in [0.1, 0.15) is 15.9 Å². The molecule has 98 valence electrons. The Labute approximate surface area is 119 Å². The van der Waals surface area contributed by atoms with Crippen molar-refractivity contribution >= 4 is 27.7 Å². The first kappa shape index (κ1) is 13.5. The lowest BCUT2D eigenvalue weighted by molar-refractivity contribution is 0.0951. The Bertz CT molecular complexity index is 588. The number of rotatable bonds is 4. The third-order valence-corrected chi connectivity index (χ3v) is 3.01. The van der Waals surface area contributed by atoms with Gasteiger partial charge in [-0.15, -0.1) is 0 Å². The molecule has 19 heavy (non-hydrogen) atoms. The lowest BCUT2D eigenvalue weighted by Gasteiger charge is -2.07. The molecule has 2 aromatic rings. The van der Waals surface area contributed by atoms with Crippen LogP contribution in [0.4, 0.5) is 5.82 Å². The largest absolute Gasteiger partial charge is 0.348 e. The zero-order valence-electron chi connectivity index (χ0n) is 10.1. The van der Waals surface area contributed by atoms with E-state index < -0.39 is 0 Å². The van der Waals surface area contributed by atoms with Crippen LogP contribution >= 0.6 is 15.9 Å². The fourth-order valence-corrected chi connectivity index (χ4v) is 2.03. The summed E-state index contributed by atoms with van der Waals surface area (Å²) in [6, 6.07) is 11.0. The predicted octanol–water partition coefficient (Wildman–Crippen LogP) is 2.06. The van der Waals surface area contributed by atoms with Gasteiger partial charge in [0.25, 0.3) is 5.91 Å². The SMILES string of the molecule is NNc1cc(C(=O)NCc2cccc(Br)c2)ccn1. The van der Waals surface area contributed by atoms with Gasteiger partial charge in [0, 0.05) is 22.8 Å². The number of benzene rings is 1. The van der Waals surface area contributed by atoms with Gasteiger partial charge in [-0.1, -0.05) is 28.1 Å². The lowest BCUT2D eigenvalue weighted by atomic mass is 10.2. The number of hydrazine groups is 1. The molecule has 1 aromatic carbocycles. The van der Waals surface area contributed by atoms with E-state index in [-0.39, 0.29) is 5.91 Å². The van der Waals surface area contributed by atoms with Gasteiger partial charge in [0.05, 0.1) is 0 Å². The lowest BCUT2D eigenvalue weighted by Crippen LogP contribution is -2.23. The molecule has 4 N–H and O–H groups in total. The smallest absolute Gasteiger partial charge is 0.251 e. The number of anilines is 1. The predicted molar refractivity (Wildman–Crippen MR) is 77.4 cm³/mol. The minimum Gasteiger partial charge on any atom is -0.348 e. The summed E-state index contributed by atoms with van der Waals surface area (Å²) >= 11 is 3.39. The summed E-state index contributed by atoms with van der Waals surface area (Å²) in [6.45, 7) is 0.464. The van der Waals surface area contributed by atoms with E-state index >= 15 is 0 Å². The van der Waals surface area contributed by atoms with E-state index in [4.69, 9.17) is 5.84 Å². The number of aromatic nitrogens is 1. The fraction of sp³-hybridized carbons (Fsp3) is 0.0769. The molecule has 1 amide bonds. The summed E-state index contributed by atoms with van der Waals surface area (Å²) in [5.74, 6) is 5.54. The number of nitrogen functional groups attached to an aromatic ring is 1. The van der Waals surface area contributed by atoms with Gasteiger partial charge in [0.15, 0.2) is 0 Å². The van der Waals surface area contributed by atoms with Crippen molar-refractivity contribution in [2.24, 2.45) is 5.84 Å². The van der Waals surface area contributed by atoms with Gasteiger partial charge in [-0.2, -0.15) is 0 Å². The molecule has 0 spiro atoms. The molecular weight excluding hydrogens is 308 g/mol. The number of amides is 1. The van der Waals surface area contributed by atoms with E-state index in [9.17, 15) is 4.79 Å². The molecular formula is C13H13BrN4O. The van der Waals surface area contributed by atoms with Gasteiger partial charge in [-0.05, 0) is 29.8 Å². The summed E-state index contributed by atoms with van der Waals surface area (Å²) in [5, 5.41) is 2.84. The van der Waals surface area contributed by atoms with Crippen molar-refractivity contribution < 1.29 is 4.79 Å². The average Bonchev–Trinajstić information content (AvgIpc) is 2.45. The van der Waals surface area contributed by atoms with Crippen LogP contribution in [0.3, 0.4) is 0 Å². The van der Waals surface area contributed by atoms with Crippen molar-refractivity contribution in [3.05, 3.63) is 58.2 Å². The van der Waals surface area contributed by atoms with Crippen molar-refractivity contribution in [2.75, 3.05) is 5.43 Å². The van der Waals surface area contributed by atoms with Crippen molar-refractivity contribution in [1.29, 1.82) is 0 Å². The molecule has 6 heteroatoms. The zero-order chi connectivity index (χ0) is 13.7. The Hall–Kier alpha value is -1.92. The highest BCUT2D eigenvalue weighted by molar-refractivity contribution is 9.10. The monoisotopic (exact) mass is 320 g/mol. The standard InChI is InChI=1S/C13H13BrN4O/c14-11-3-1-2-9(6-11)8-17-13(19)10-4-5-16-12(7-10)18-15/h1-7H,8,15H2,(H,16,18)(H,17,19). The fourth-order valence-electron chi connectivity index (χ4n) is 1.58. The molecule has 0 aliphatic heterocycles. The Kier molecular flexibility index (Phi) is 4.48. The van der Waals surface area contributed by atoms with Crippen LogP contribution in [-0.2, 0) is 6.54 Å². The number of hydrogen-bond acceptors (Lipinski definition) is 4. The number of carbonyl (C=O) groups is 1. The molecule has 0 saturated carbocycles. The number of nitrogens with zero attached hydrogens (tertiary/aromatic N) is 1. The molecule has 0 bridgehead atoms. The van der Waals surface area contributed by atoms with Gasteiger partial charge < -0.3 is 10.7 Å². The van der Waals surface area contributed by atoms with Gasteiger partial charge in [0.2, 0.25) is 0 Å². The Morgan fingerprint density at radius 2 is 2.16 bits per heavy atom.